The Morgan fingerprint density at radius 2 is 1.96 bits per heavy atom. The number of ketones is 1. The maximum absolute atomic E-state index is 13.4. The van der Waals surface area contributed by atoms with E-state index in [9.17, 15) is 14.4 Å². The first kappa shape index (κ1) is 18.3. The number of nitrogens with two attached hydrogens (primary N) is 1. The van der Waals surface area contributed by atoms with Crippen molar-refractivity contribution in [1.82, 2.24) is 0 Å². The molecule has 146 valence electrons. The number of anilines is 1. The van der Waals surface area contributed by atoms with Gasteiger partial charge in [-0.2, -0.15) is 0 Å². The summed E-state index contributed by atoms with van der Waals surface area (Å²) in [6.45, 7) is 5.66. The van der Waals surface area contributed by atoms with Crippen LogP contribution >= 0.6 is 0 Å². The molecule has 0 bridgehead atoms. The van der Waals surface area contributed by atoms with Gasteiger partial charge in [0.05, 0.1) is 12.2 Å². The molecule has 3 aliphatic rings. The fourth-order valence-electron chi connectivity index (χ4n) is 4.47. The third kappa shape index (κ3) is 2.32. The average molecular weight is 382 g/mol. The van der Waals surface area contributed by atoms with E-state index in [1.807, 2.05) is 13.8 Å². The third-order valence-electron chi connectivity index (χ3n) is 5.46. The second-order valence-corrected chi connectivity index (χ2v) is 8.05. The molecule has 1 atom stereocenters. The molecule has 3 N–H and O–H groups in total. The van der Waals surface area contributed by atoms with Gasteiger partial charge in [-0.25, -0.2) is 4.79 Å². The number of hydrogen-bond donors (Lipinski definition) is 2. The lowest BCUT2D eigenvalue weighted by Gasteiger charge is -2.41. The highest BCUT2D eigenvalue weighted by Gasteiger charge is 2.62. The highest BCUT2D eigenvalue weighted by atomic mass is 16.5. The van der Waals surface area contributed by atoms with Crippen LogP contribution in [0.1, 0.15) is 39.2 Å². The van der Waals surface area contributed by atoms with Gasteiger partial charge in [0, 0.05) is 24.1 Å². The Hall–Kier alpha value is -3.09. The molecule has 2 aliphatic heterocycles. The predicted octanol–water partition coefficient (Wildman–Crippen LogP) is 2.28. The van der Waals surface area contributed by atoms with Gasteiger partial charge in [-0.1, -0.05) is 32.0 Å². The number of carbonyl (C=O) groups is 3. The van der Waals surface area contributed by atoms with Crippen LogP contribution in [0.3, 0.4) is 0 Å². The van der Waals surface area contributed by atoms with Gasteiger partial charge in [0.15, 0.2) is 5.78 Å². The summed E-state index contributed by atoms with van der Waals surface area (Å²) >= 11 is 0. The number of benzene rings is 1. The minimum Gasteiger partial charge on any atom is -0.462 e. The molecule has 28 heavy (non-hydrogen) atoms. The number of ether oxygens (including phenoxy) is 2. The van der Waals surface area contributed by atoms with Crippen LogP contribution in [0.15, 0.2) is 47.1 Å². The fraction of sp³-hybridized carbons (Fsp3) is 0.381. The van der Waals surface area contributed by atoms with Crippen molar-refractivity contribution in [2.45, 2.75) is 39.0 Å². The van der Waals surface area contributed by atoms with Crippen LogP contribution < -0.4 is 11.1 Å². The first-order valence-electron chi connectivity index (χ1n) is 9.25. The SMILES string of the molecule is CCOC(=O)C1=C(N)OC2=C(C(=O)CC(C)(C)C2)[C@]12C(=O)Nc1ccccc12. The molecule has 0 saturated carbocycles. The molecular weight excluding hydrogens is 360 g/mol. The number of allylic oxidation sites excluding steroid dienone is 1. The van der Waals surface area contributed by atoms with Gasteiger partial charge >= 0.3 is 5.97 Å². The smallest absolute Gasteiger partial charge is 0.341 e. The number of fused-ring (bicyclic) bond motifs is 3. The Morgan fingerprint density at radius 3 is 2.68 bits per heavy atom. The maximum atomic E-state index is 13.4. The average Bonchev–Trinajstić information content (AvgIpc) is 2.86. The monoisotopic (exact) mass is 382 g/mol. The summed E-state index contributed by atoms with van der Waals surface area (Å²) in [6, 6.07) is 6.99. The van der Waals surface area contributed by atoms with E-state index in [2.05, 4.69) is 5.32 Å². The van der Waals surface area contributed by atoms with E-state index in [1.165, 1.54) is 0 Å². The van der Waals surface area contributed by atoms with E-state index in [1.54, 1.807) is 31.2 Å². The van der Waals surface area contributed by atoms with Crippen LogP contribution in [0.25, 0.3) is 0 Å². The first-order valence-corrected chi connectivity index (χ1v) is 9.25. The summed E-state index contributed by atoms with van der Waals surface area (Å²) in [7, 11) is 0. The number of para-hydroxylation sites is 1. The molecule has 0 radical (unpaired) electrons. The third-order valence-corrected chi connectivity index (χ3v) is 5.46. The molecule has 0 unspecified atom stereocenters. The topological polar surface area (TPSA) is 108 Å². The van der Waals surface area contributed by atoms with Crippen molar-refractivity contribution in [2.75, 3.05) is 11.9 Å². The molecule has 7 nitrogen and oxygen atoms in total. The Balaban J connectivity index is 2.06. The molecule has 7 heteroatoms. The Kier molecular flexibility index (Phi) is 3.89. The second-order valence-electron chi connectivity index (χ2n) is 8.05. The lowest BCUT2D eigenvalue weighted by atomic mass is 9.62. The first-order chi connectivity index (χ1) is 13.2. The van der Waals surface area contributed by atoms with Gasteiger partial charge in [-0.3, -0.25) is 9.59 Å². The molecule has 0 fully saturated rings. The standard InChI is InChI=1S/C21H22N2O5/c1-4-27-18(25)16-17(22)28-14-10-20(2,3)9-13(24)15(14)21(16)11-7-5-6-8-12(11)23-19(21)26/h5-8H,4,9-10,22H2,1-3H3,(H,23,26)/t21-/m0/s1. The lowest BCUT2D eigenvalue weighted by molar-refractivity contribution is -0.141. The van der Waals surface area contributed by atoms with Crippen LogP contribution in [0.2, 0.25) is 0 Å². The van der Waals surface area contributed by atoms with Gasteiger partial charge in [-0.05, 0) is 18.4 Å². The van der Waals surface area contributed by atoms with Gasteiger partial charge in [0.2, 0.25) is 11.8 Å². The second kappa shape index (κ2) is 5.95. The maximum Gasteiger partial charge on any atom is 0.341 e. The van der Waals surface area contributed by atoms with Crippen LogP contribution in [-0.4, -0.2) is 24.3 Å². The highest BCUT2D eigenvalue weighted by Crippen LogP contribution is 2.56. The number of amides is 1. The van der Waals surface area contributed by atoms with Gasteiger partial charge in [0.25, 0.3) is 0 Å². The summed E-state index contributed by atoms with van der Waals surface area (Å²) in [4.78, 5) is 39.5. The van der Waals surface area contributed by atoms with Crippen LogP contribution in [-0.2, 0) is 29.3 Å². The Morgan fingerprint density at radius 1 is 1.25 bits per heavy atom. The van der Waals surface area contributed by atoms with E-state index < -0.39 is 17.3 Å². The van der Waals surface area contributed by atoms with Crippen molar-refractivity contribution in [2.24, 2.45) is 11.1 Å². The predicted molar refractivity (Wildman–Crippen MR) is 101 cm³/mol. The number of carbonyl (C=O) groups excluding carboxylic acids is 3. The molecule has 1 aliphatic carbocycles. The highest BCUT2D eigenvalue weighted by molar-refractivity contribution is 6.22. The fourth-order valence-corrected chi connectivity index (χ4v) is 4.47. The number of esters is 1. The largest absolute Gasteiger partial charge is 0.462 e. The Bertz CT molecular complexity index is 988. The van der Waals surface area contributed by atoms with Crippen LogP contribution in [0, 0.1) is 5.41 Å². The van der Waals surface area contributed by atoms with Gasteiger partial charge in [-0.15, -0.1) is 0 Å². The summed E-state index contributed by atoms with van der Waals surface area (Å²) < 4.78 is 10.9. The molecule has 1 aromatic rings. The number of rotatable bonds is 2. The summed E-state index contributed by atoms with van der Waals surface area (Å²) in [5.74, 6) is -1.35. The lowest BCUT2D eigenvalue weighted by Crippen LogP contribution is -2.50. The normalized spacial score (nSPS) is 25.2. The molecule has 1 spiro atoms. The van der Waals surface area contributed by atoms with E-state index in [0.717, 1.165) is 0 Å². The van der Waals surface area contributed by atoms with Crippen molar-refractivity contribution in [3.63, 3.8) is 0 Å². The van der Waals surface area contributed by atoms with Crippen molar-refractivity contribution in [3.05, 3.63) is 52.6 Å². The van der Waals surface area contributed by atoms with E-state index in [4.69, 9.17) is 15.2 Å². The van der Waals surface area contributed by atoms with E-state index in [0.29, 0.717) is 23.4 Å². The van der Waals surface area contributed by atoms with Crippen LogP contribution in [0.4, 0.5) is 5.69 Å². The number of nitrogens with one attached hydrogen (secondary N) is 1. The van der Waals surface area contributed by atoms with E-state index in [-0.39, 0.29) is 41.3 Å². The number of Topliss-reactive ketones (excluding diaryl/α,β-unsaturated/α-hetero) is 1. The summed E-state index contributed by atoms with van der Waals surface area (Å²) in [5, 5.41) is 2.80. The molecule has 4 rings (SSSR count). The molecular formula is C21H22N2O5. The summed E-state index contributed by atoms with van der Waals surface area (Å²) in [6.07, 6.45) is 0.671. The van der Waals surface area contributed by atoms with Crippen LogP contribution in [0.5, 0.6) is 0 Å². The zero-order valence-electron chi connectivity index (χ0n) is 16.0. The van der Waals surface area contributed by atoms with Crippen molar-refractivity contribution in [1.29, 1.82) is 0 Å². The quantitative estimate of drug-likeness (QED) is 0.760. The molecule has 0 aromatic heterocycles. The number of hydrogen-bond acceptors (Lipinski definition) is 6. The van der Waals surface area contributed by atoms with Crippen molar-refractivity contribution in [3.8, 4) is 0 Å². The zero-order chi connectivity index (χ0) is 20.3. The zero-order valence-corrected chi connectivity index (χ0v) is 16.0. The van der Waals surface area contributed by atoms with E-state index >= 15 is 0 Å². The minimum atomic E-state index is -1.66. The molecule has 2 heterocycles. The summed E-state index contributed by atoms with van der Waals surface area (Å²) in [5.41, 5.74) is 5.25. The molecule has 1 amide bonds. The molecule has 0 saturated heterocycles. The molecule has 1 aromatic carbocycles. The Labute approximate surface area is 162 Å². The van der Waals surface area contributed by atoms with Crippen molar-refractivity contribution >= 4 is 23.3 Å². The minimum absolute atomic E-state index is 0.0990. The van der Waals surface area contributed by atoms with Crippen molar-refractivity contribution < 1.29 is 23.9 Å². The van der Waals surface area contributed by atoms with Gasteiger partial charge in [0.1, 0.15) is 16.7 Å². The van der Waals surface area contributed by atoms with Gasteiger partial charge < -0.3 is 20.5 Å².